The predicted octanol–water partition coefficient (Wildman–Crippen LogP) is 3.31. The molecule has 1 amide bonds. The van der Waals surface area contributed by atoms with Crippen LogP contribution in [-0.2, 0) is 4.74 Å². The predicted molar refractivity (Wildman–Crippen MR) is 85.8 cm³/mol. The fourth-order valence-corrected chi connectivity index (χ4v) is 2.65. The number of carbonyl (C=O) groups is 1. The van der Waals surface area contributed by atoms with Crippen LogP contribution in [0.1, 0.15) is 37.0 Å². The van der Waals surface area contributed by atoms with E-state index in [4.69, 9.17) is 10.5 Å². The van der Waals surface area contributed by atoms with Crippen LogP contribution in [0.3, 0.4) is 0 Å². The van der Waals surface area contributed by atoms with Gasteiger partial charge in [-0.1, -0.05) is 13.8 Å². The number of nitrogen functional groups attached to an aromatic ring is 1. The van der Waals surface area contributed by atoms with Crippen molar-refractivity contribution in [2.45, 2.75) is 32.7 Å². The van der Waals surface area contributed by atoms with E-state index in [1.54, 1.807) is 19.2 Å². The number of nitrogens with zero attached hydrogens (tertiary/aromatic N) is 1. The van der Waals surface area contributed by atoms with Crippen molar-refractivity contribution in [3.05, 3.63) is 28.2 Å². The second-order valence-electron chi connectivity index (χ2n) is 4.70. The SMILES string of the molecule is CCC(CC)N(CCOC)C(=O)c1cc(N)ccc1Br. The topological polar surface area (TPSA) is 55.6 Å². The number of anilines is 1. The monoisotopic (exact) mass is 342 g/mol. The third-order valence-corrected chi connectivity index (χ3v) is 4.09. The van der Waals surface area contributed by atoms with E-state index in [1.165, 1.54) is 0 Å². The fraction of sp³-hybridized carbons (Fsp3) is 0.533. The molecule has 0 saturated heterocycles. The highest BCUT2D eigenvalue weighted by Gasteiger charge is 2.23. The zero-order valence-corrected chi connectivity index (χ0v) is 13.9. The summed E-state index contributed by atoms with van der Waals surface area (Å²) in [5, 5.41) is 0. The van der Waals surface area contributed by atoms with Crippen LogP contribution >= 0.6 is 15.9 Å². The second kappa shape index (κ2) is 8.27. The van der Waals surface area contributed by atoms with Crippen LogP contribution in [0.15, 0.2) is 22.7 Å². The molecule has 0 heterocycles. The van der Waals surface area contributed by atoms with Crippen molar-refractivity contribution in [3.63, 3.8) is 0 Å². The highest BCUT2D eigenvalue weighted by molar-refractivity contribution is 9.10. The number of hydrogen-bond acceptors (Lipinski definition) is 3. The van der Waals surface area contributed by atoms with Crippen LogP contribution in [0.25, 0.3) is 0 Å². The van der Waals surface area contributed by atoms with E-state index in [-0.39, 0.29) is 11.9 Å². The Morgan fingerprint density at radius 2 is 2.05 bits per heavy atom. The van der Waals surface area contributed by atoms with E-state index < -0.39 is 0 Å². The summed E-state index contributed by atoms with van der Waals surface area (Å²) in [5.41, 5.74) is 6.99. The minimum atomic E-state index is -0.00470. The van der Waals surface area contributed by atoms with Gasteiger partial charge in [-0.3, -0.25) is 4.79 Å². The molecular formula is C15H23BrN2O2. The van der Waals surface area contributed by atoms with Crippen LogP contribution in [0, 0.1) is 0 Å². The normalized spacial score (nSPS) is 10.8. The molecule has 1 rings (SSSR count). The second-order valence-corrected chi connectivity index (χ2v) is 5.56. The lowest BCUT2D eigenvalue weighted by Crippen LogP contribution is -2.42. The van der Waals surface area contributed by atoms with E-state index >= 15 is 0 Å². The number of nitrogens with two attached hydrogens (primary N) is 1. The Morgan fingerprint density at radius 1 is 1.40 bits per heavy atom. The van der Waals surface area contributed by atoms with E-state index in [9.17, 15) is 4.79 Å². The molecule has 0 aliphatic heterocycles. The van der Waals surface area contributed by atoms with E-state index in [0.717, 1.165) is 17.3 Å². The molecule has 0 fully saturated rings. The first kappa shape index (κ1) is 17.0. The molecule has 0 unspecified atom stereocenters. The van der Waals surface area contributed by atoms with Gasteiger partial charge in [-0.05, 0) is 47.0 Å². The Kier molecular flexibility index (Phi) is 7.02. The van der Waals surface area contributed by atoms with E-state index in [2.05, 4.69) is 29.8 Å². The van der Waals surface area contributed by atoms with Gasteiger partial charge in [-0.15, -0.1) is 0 Å². The maximum atomic E-state index is 12.8. The van der Waals surface area contributed by atoms with Gasteiger partial charge in [0.1, 0.15) is 0 Å². The van der Waals surface area contributed by atoms with Gasteiger partial charge in [0.05, 0.1) is 12.2 Å². The van der Waals surface area contributed by atoms with Crippen LogP contribution in [0.4, 0.5) is 5.69 Å². The zero-order chi connectivity index (χ0) is 15.1. The summed E-state index contributed by atoms with van der Waals surface area (Å²) in [5.74, 6) is -0.00470. The molecule has 0 bridgehead atoms. The van der Waals surface area contributed by atoms with Gasteiger partial charge in [0.2, 0.25) is 0 Å². The number of carbonyl (C=O) groups excluding carboxylic acids is 1. The zero-order valence-electron chi connectivity index (χ0n) is 12.4. The molecule has 1 aromatic rings. The van der Waals surface area contributed by atoms with Gasteiger partial charge in [0.15, 0.2) is 0 Å². The molecule has 0 aromatic heterocycles. The summed E-state index contributed by atoms with van der Waals surface area (Å²) in [6.07, 6.45) is 1.85. The van der Waals surface area contributed by atoms with Gasteiger partial charge in [-0.2, -0.15) is 0 Å². The molecule has 112 valence electrons. The highest BCUT2D eigenvalue weighted by atomic mass is 79.9. The van der Waals surface area contributed by atoms with E-state index in [0.29, 0.717) is 24.4 Å². The maximum Gasteiger partial charge on any atom is 0.255 e. The quantitative estimate of drug-likeness (QED) is 0.773. The molecule has 0 atom stereocenters. The molecule has 0 aliphatic carbocycles. The van der Waals surface area contributed by atoms with E-state index in [1.807, 2.05) is 11.0 Å². The van der Waals surface area contributed by atoms with Crippen molar-refractivity contribution in [2.75, 3.05) is 26.0 Å². The van der Waals surface area contributed by atoms with Gasteiger partial charge < -0.3 is 15.4 Å². The van der Waals surface area contributed by atoms with Crippen molar-refractivity contribution in [1.82, 2.24) is 4.90 Å². The van der Waals surface area contributed by atoms with Crippen molar-refractivity contribution in [3.8, 4) is 0 Å². The smallest absolute Gasteiger partial charge is 0.255 e. The maximum absolute atomic E-state index is 12.8. The molecule has 0 saturated carbocycles. The van der Waals surface area contributed by atoms with Gasteiger partial charge in [-0.25, -0.2) is 0 Å². The lowest BCUT2D eigenvalue weighted by molar-refractivity contribution is 0.0588. The van der Waals surface area contributed by atoms with Crippen molar-refractivity contribution >= 4 is 27.5 Å². The summed E-state index contributed by atoms with van der Waals surface area (Å²) in [6, 6.07) is 5.52. The highest BCUT2D eigenvalue weighted by Crippen LogP contribution is 2.23. The van der Waals surface area contributed by atoms with Crippen LogP contribution in [0.2, 0.25) is 0 Å². The number of amides is 1. The summed E-state index contributed by atoms with van der Waals surface area (Å²) >= 11 is 3.43. The molecule has 4 nitrogen and oxygen atoms in total. The third kappa shape index (κ3) is 4.21. The van der Waals surface area contributed by atoms with Gasteiger partial charge >= 0.3 is 0 Å². The van der Waals surface area contributed by atoms with Gasteiger partial charge in [0.25, 0.3) is 5.91 Å². The number of ether oxygens (including phenoxy) is 1. The number of hydrogen-bond donors (Lipinski definition) is 1. The standard InChI is InChI=1S/C15H23BrN2O2/c1-4-12(5-2)18(8-9-20-3)15(19)13-10-11(17)6-7-14(13)16/h6-7,10,12H,4-5,8-9,17H2,1-3H3. The lowest BCUT2D eigenvalue weighted by atomic mass is 10.1. The minimum absolute atomic E-state index is 0.00470. The Bertz CT molecular complexity index is 447. The van der Waals surface area contributed by atoms with Crippen LogP contribution in [0.5, 0.6) is 0 Å². The first-order valence-corrected chi connectivity index (χ1v) is 7.69. The molecule has 2 N–H and O–H groups in total. The largest absolute Gasteiger partial charge is 0.399 e. The molecule has 0 aliphatic rings. The average molecular weight is 343 g/mol. The number of halogens is 1. The average Bonchev–Trinajstić information content (AvgIpc) is 2.45. The number of benzene rings is 1. The van der Waals surface area contributed by atoms with Gasteiger partial charge in [0, 0.05) is 29.9 Å². The Labute approximate surface area is 129 Å². The Balaban J connectivity index is 3.05. The first-order valence-electron chi connectivity index (χ1n) is 6.90. The fourth-order valence-electron chi connectivity index (χ4n) is 2.23. The van der Waals surface area contributed by atoms with Crippen LogP contribution < -0.4 is 5.73 Å². The van der Waals surface area contributed by atoms with Crippen molar-refractivity contribution in [1.29, 1.82) is 0 Å². The minimum Gasteiger partial charge on any atom is -0.399 e. The molecular weight excluding hydrogens is 320 g/mol. The summed E-state index contributed by atoms with van der Waals surface area (Å²) in [6.45, 7) is 5.30. The summed E-state index contributed by atoms with van der Waals surface area (Å²) in [7, 11) is 1.64. The van der Waals surface area contributed by atoms with Crippen molar-refractivity contribution < 1.29 is 9.53 Å². The summed E-state index contributed by atoms with van der Waals surface area (Å²) in [4.78, 5) is 14.6. The van der Waals surface area contributed by atoms with Crippen LogP contribution in [-0.4, -0.2) is 37.1 Å². The molecule has 5 heteroatoms. The Hall–Kier alpha value is -1.07. The first-order chi connectivity index (χ1) is 9.54. The Morgan fingerprint density at radius 3 is 2.60 bits per heavy atom. The molecule has 0 radical (unpaired) electrons. The lowest BCUT2D eigenvalue weighted by Gasteiger charge is -2.31. The molecule has 0 spiro atoms. The number of rotatable bonds is 7. The third-order valence-electron chi connectivity index (χ3n) is 3.40. The molecule has 1 aromatic carbocycles. The molecule has 20 heavy (non-hydrogen) atoms. The summed E-state index contributed by atoms with van der Waals surface area (Å²) < 4.78 is 5.89. The van der Waals surface area contributed by atoms with Crippen molar-refractivity contribution in [2.24, 2.45) is 0 Å². The number of methoxy groups -OCH3 is 1.